The maximum absolute atomic E-state index is 12.2. The Morgan fingerprint density at radius 3 is 2.55 bits per heavy atom. The van der Waals surface area contributed by atoms with Crippen molar-refractivity contribution in [3.63, 3.8) is 0 Å². The zero-order chi connectivity index (χ0) is 14.3. The maximum atomic E-state index is 12.2. The van der Waals surface area contributed by atoms with E-state index < -0.39 is 0 Å². The number of nitrogens with zero attached hydrogens (tertiary/aromatic N) is 2. The summed E-state index contributed by atoms with van der Waals surface area (Å²) in [6.45, 7) is 0.152. The number of fused-ring (bicyclic) bond motifs is 1. The molecule has 1 aliphatic heterocycles. The number of pyridine rings is 1. The van der Waals surface area contributed by atoms with Crippen LogP contribution in [0.3, 0.4) is 0 Å². The Bertz CT molecular complexity index is 713. The minimum absolute atomic E-state index is 0.152. The first-order valence-electron chi connectivity index (χ1n) is 5.92. The number of halogens is 1. The first kappa shape index (κ1) is 12.8. The SMILES string of the molecule is Nc1ccc2c(c1)C(=O)N(Cc1ccc(Br)cn1)C2=O. The number of anilines is 1. The summed E-state index contributed by atoms with van der Waals surface area (Å²) in [7, 11) is 0. The standard InChI is InChI=1S/C14H10BrN3O2/c15-8-1-3-10(17-6-8)7-18-13(19)11-4-2-9(16)5-12(11)14(18)20/h1-6H,7,16H2. The van der Waals surface area contributed by atoms with Gasteiger partial charge in [-0.05, 0) is 46.3 Å². The second-order valence-corrected chi connectivity index (χ2v) is 5.38. The predicted octanol–water partition coefficient (Wildman–Crippen LogP) is 2.22. The first-order chi connectivity index (χ1) is 9.56. The minimum atomic E-state index is -0.331. The number of aromatic nitrogens is 1. The minimum Gasteiger partial charge on any atom is -0.399 e. The highest BCUT2D eigenvalue weighted by molar-refractivity contribution is 9.10. The van der Waals surface area contributed by atoms with Crippen LogP contribution in [0.4, 0.5) is 5.69 Å². The molecule has 0 radical (unpaired) electrons. The van der Waals surface area contributed by atoms with Crippen molar-refractivity contribution in [1.82, 2.24) is 9.88 Å². The molecule has 2 aromatic rings. The summed E-state index contributed by atoms with van der Waals surface area (Å²) in [6.07, 6.45) is 1.63. The van der Waals surface area contributed by atoms with Gasteiger partial charge < -0.3 is 5.73 Å². The lowest BCUT2D eigenvalue weighted by Crippen LogP contribution is -2.29. The monoisotopic (exact) mass is 331 g/mol. The maximum Gasteiger partial charge on any atom is 0.261 e. The van der Waals surface area contributed by atoms with Crippen LogP contribution in [-0.4, -0.2) is 21.7 Å². The number of nitrogen functional groups attached to an aromatic ring is 1. The van der Waals surface area contributed by atoms with Crippen molar-refractivity contribution in [2.24, 2.45) is 0 Å². The van der Waals surface area contributed by atoms with E-state index in [-0.39, 0.29) is 18.4 Å². The first-order valence-corrected chi connectivity index (χ1v) is 6.72. The Kier molecular flexibility index (Phi) is 3.02. The Hall–Kier alpha value is -2.21. The van der Waals surface area contributed by atoms with E-state index in [2.05, 4.69) is 20.9 Å². The molecule has 0 saturated carbocycles. The molecule has 0 spiro atoms. The molecule has 0 fully saturated rings. The lowest BCUT2D eigenvalue weighted by molar-refractivity contribution is 0.0640. The Balaban J connectivity index is 1.91. The molecule has 6 heteroatoms. The van der Waals surface area contributed by atoms with Crippen molar-refractivity contribution >= 4 is 33.4 Å². The summed E-state index contributed by atoms with van der Waals surface area (Å²) in [4.78, 5) is 29.8. The zero-order valence-electron chi connectivity index (χ0n) is 10.3. The zero-order valence-corrected chi connectivity index (χ0v) is 11.9. The molecule has 2 amide bonds. The molecule has 0 aliphatic carbocycles. The van der Waals surface area contributed by atoms with Gasteiger partial charge in [-0.15, -0.1) is 0 Å². The van der Waals surface area contributed by atoms with Gasteiger partial charge in [-0.25, -0.2) is 0 Å². The van der Waals surface area contributed by atoms with E-state index in [4.69, 9.17) is 5.73 Å². The van der Waals surface area contributed by atoms with Gasteiger partial charge >= 0.3 is 0 Å². The molecule has 0 bridgehead atoms. The summed E-state index contributed by atoms with van der Waals surface area (Å²) >= 11 is 3.29. The van der Waals surface area contributed by atoms with Crippen LogP contribution in [0, 0.1) is 0 Å². The normalized spacial score (nSPS) is 13.8. The van der Waals surface area contributed by atoms with E-state index in [0.717, 1.165) is 4.47 Å². The van der Waals surface area contributed by atoms with Crippen molar-refractivity contribution in [2.75, 3.05) is 5.73 Å². The van der Waals surface area contributed by atoms with Crippen LogP contribution in [0.15, 0.2) is 41.0 Å². The molecule has 20 heavy (non-hydrogen) atoms. The molecule has 100 valence electrons. The highest BCUT2D eigenvalue weighted by Crippen LogP contribution is 2.26. The number of imide groups is 1. The van der Waals surface area contributed by atoms with E-state index in [1.54, 1.807) is 24.4 Å². The molecule has 5 nitrogen and oxygen atoms in total. The summed E-state index contributed by atoms with van der Waals surface area (Å²) in [6, 6.07) is 8.32. The number of carbonyl (C=O) groups excluding carboxylic acids is 2. The van der Waals surface area contributed by atoms with E-state index in [1.165, 1.54) is 11.0 Å². The predicted molar refractivity (Wildman–Crippen MR) is 77.0 cm³/mol. The molecule has 0 saturated heterocycles. The lowest BCUT2D eigenvalue weighted by Gasteiger charge is -2.12. The number of carbonyl (C=O) groups is 2. The van der Waals surface area contributed by atoms with Crippen LogP contribution in [0.5, 0.6) is 0 Å². The summed E-state index contributed by atoms with van der Waals surface area (Å²) in [5.41, 5.74) is 7.51. The highest BCUT2D eigenvalue weighted by atomic mass is 79.9. The largest absolute Gasteiger partial charge is 0.399 e. The van der Waals surface area contributed by atoms with E-state index >= 15 is 0 Å². The third-order valence-corrected chi connectivity index (χ3v) is 3.57. The van der Waals surface area contributed by atoms with Gasteiger partial charge in [0.1, 0.15) is 0 Å². The number of nitrogens with two attached hydrogens (primary N) is 1. The van der Waals surface area contributed by atoms with Gasteiger partial charge in [0.25, 0.3) is 11.8 Å². The Labute approximate surface area is 123 Å². The van der Waals surface area contributed by atoms with E-state index in [0.29, 0.717) is 22.5 Å². The molecule has 1 aromatic heterocycles. The van der Waals surface area contributed by atoms with E-state index in [1.807, 2.05) is 6.07 Å². The molecular formula is C14H10BrN3O2. The molecule has 2 N–H and O–H groups in total. The average molecular weight is 332 g/mol. The van der Waals surface area contributed by atoms with Crippen LogP contribution in [0.2, 0.25) is 0 Å². The van der Waals surface area contributed by atoms with Crippen LogP contribution in [0.1, 0.15) is 26.4 Å². The molecule has 0 atom stereocenters. The smallest absolute Gasteiger partial charge is 0.261 e. The van der Waals surface area contributed by atoms with Crippen molar-refractivity contribution in [1.29, 1.82) is 0 Å². The highest BCUT2D eigenvalue weighted by Gasteiger charge is 2.35. The lowest BCUT2D eigenvalue weighted by atomic mass is 10.1. The summed E-state index contributed by atoms with van der Waals surface area (Å²) in [5.74, 6) is -0.642. The fourth-order valence-electron chi connectivity index (χ4n) is 2.11. The fraction of sp³-hybridized carbons (Fsp3) is 0.0714. The number of hydrogen-bond acceptors (Lipinski definition) is 4. The van der Waals surface area contributed by atoms with Gasteiger partial charge in [-0.1, -0.05) is 0 Å². The summed E-state index contributed by atoms with van der Waals surface area (Å²) in [5, 5.41) is 0. The van der Waals surface area contributed by atoms with Gasteiger partial charge in [0.05, 0.1) is 23.4 Å². The molecular weight excluding hydrogens is 322 g/mol. The molecule has 1 aliphatic rings. The molecule has 2 heterocycles. The van der Waals surface area contributed by atoms with Gasteiger partial charge in [-0.2, -0.15) is 0 Å². The Morgan fingerprint density at radius 2 is 1.85 bits per heavy atom. The quantitative estimate of drug-likeness (QED) is 0.676. The molecule has 3 rings (SSSR count). The second-order valence-electron chi connectivity index (χ2n) is 4.47. The van der Waals surface area contributed by atoms with Crippen molar-refractivity contribution < 1.29 is 9.59 Å². The second kappa shape index (κ2) is 4.72. The van der Waals surface area contributed by atoms with Gasteiger partial charge in [-0.3, -0.25) is 19.5 Å². The van der Waals surface area contributed by atoms with Crippen LogP contribution >= 0.6 is 15.9 Å². The number of benzene rings is 1. The molecule has 1 aromatic carbocycles. The van der Waals surface area contributed by atoms with Gasteiger partial charge in [0.2, 0.25) is 0 Å². The van der Waals surface area contributed by atoms with Crippen LogP contribution < -0.4 is 5.73 Å². The topological polar surface area (TPSA) is 76.3 Å². The average Bonchev–Trinajstić information content (AvgIpc) is 2.66. The summed E-state index contributed by atoms with van der Waals surface area (Å²) < 4.78 is 0.844. The fourth-order valence-corrected chi connectivity index (χ4v) is 2.35. The number of amides is 2. The van der Waals surface area contributed by atoms with Gasteiger partial charge in [0.15, 0.2) is 0 Å². The number of rotatable bonds is 2. The third-order valence-electron chi connectivity index (χ3n) is 3.10. The van der Waals surface area contributed by atoms with Crippen molar-refractivity contribution in [3.05, 3.63) is 57.8 Å². The number of hydrogen-bond donors (Lipinski definition) is 1. The van der Waals surface area contributed by atoms with Gasteiger partial charge in [0, 0.05) is 16.4 Å². The van der Waals surface area contributed by atoms with E-state index in [9.17, 15) is 9.59 Å². The molecule has 0 unspecified atom stereocenters. The van der Waals surface area contributed by atoms with Crippen molar-refractivity contribution in [2.45, 2.75) is 6.54 Å². The van der Waals surface area contributed by atoms with Crippen molar-refractivity contribution in [3.8, 4) is 0 Å². The van der Waals surface area contributed by atoms with Crippen LogP contribution in [0.25, 0.3) is 0 Å². The van der Waals surface area contributed by atoms with Crippen LogP contribution in [-0.2, 0) is 6.54 Å². The Morgan fingerprint density at radius 1 is 1.10 bits per heavy atom. The third kappa shape index (κ3) is 2.08.